The van der Waals surface area contributed by atoms with E-state index in [9.17, 15) is 8.78 Å². The lowest BCUT2D eigenvalue weighted by Crippen LogP contribution is -2.25. The van der Waals surface area contributed by atoms with Crippen molar-refractivity contribution in [2.24, 2.45) is 17.8 Å². The van der Waals surface area contributed by atoms with Gasteiger partial charge >= 0.3 is 0 Å². The SMILES string of the molecule is CC[C@H]1CC[C@H]([C@H]2CC[C@H](c3cccc(F)c3F)CC2)CC1. The van der Waals surface area contributed by atoms with Crippen LogP contribution in [-0.2, 0) is 0 Å². The van der Waals surface area contributed by atoms with Crippen LogP contribution in [0.25, 0.3) is 0 Å². The van der Waals surface area contributed by atoms with E-state index in [-0.39, 0.29) is 5.92 Å². The lowest BCUT2D eigenvalue weighted by Gasteiger charge is -2.38. The van der Waals surface area contributed by atoms with E-state index < -0.39 is 11.6 Å². The number of benzene rings is 1. The highest BCUT2D eigenvalue weighted by molar-refractivity contribution is 5.23. The van der Waals surface area contributed by atoms with Gasteiger partial charge in [0.05, 0.1) is 0 Å². The van der Waals surface area contributed by atoms with Gasteiger partial charge in [0.15, 0.2) is 11.6 Å². The predicted octanol–water partition coefficient (Wildman–Crippen LogP) is 6.46. The van der Waals surface area contributed by atoms with Crippen molar-refractivity contribution in [2.45, 2.75) is 70.6 Å². The number of hydrogen-bond donors (Lipinski definition) is 0. The second kappa shape index (κ2) is 7.10. The maximum absolute atomic E-state index is 13.9. The molecule has 0 unspecified atom stereocenters. The fourth-order valence-corrected chi connectivity index (χ4v) is 4.81. The van der Waals surface area contributed by atoms with Gasteiger partial charge < -0.3 is 0 Å². The third-order valence-electron chi connectivity index (χ3n) is 6.33. The van der Waals surface area contributed by atoms with Crippen LogP contribution < -0.4 is 0 Å². The van der Waals surface area contributed by atoms with Crippen LogP contribution in [0.3, 0.4) is 0 Å². The Bertz CT molecular complexity index is 480. The highest BCUT2D eigenvalue weighted by atomic mass is 19.2. The summed E-state index contributed by atoms with van der Waals surface area (Å²) in [5.41, 5.74) is 0.605. The Morgan fingerprint density at radius 1 is 0.864 bits per heavy atom. The molecule has 2 saturated carbocycles. The molecule has 2 aliphatic carbocycles. The normalized spacial score (nSPS) is 32.9. The van der Waals surface area contributed by atoms with E-state index in [1.807, 2.05) is 0 Å². The molecule has 122 valence electrons. The first-order chi connectivity index (χ1) is 10.7. The molecule has 0 radical (unpaired) electrons. The standard InChI is InChI=1S/C20H28F2/c1-2-14-6-8-15(9-7-14)16-10-12-17(13-11-16)18-4-3-5-19(21)20(18)22/h3-5,14-17H,2,6-13H2,1H3/t14-,15-,16-,17-. The van der Waals surface area contributed by atoms with Crippen molar-refractivity contribution in [3.05, 3.63) is 35.4 Å². The predicted molar refractivity (Wildman–Crippen MR) is 86.8 cm³/mol. The summed E-state index contributed by atoms with van der Waals surface area (Å²) in [6, 6.07) is 4.64. The molecular formula is C20H28F2. The molecule has 0 aromatic heterocycles. The van der Waals surface area contributed by atoms with E-state index in [2.05, 4.69) is 6.92 Å². The Labute approximate surface area is 133 Å². The fraction of sp³-hybridized carbons (Fsp3) is 0.700. The second-order valence-corrected chi connectivity index (χ2v) is 7.44. The van der Waals surface area contributed by atoms with Crippen LogP contribution in [-0.4, -0.2) is 0 Å². The Hall–Kier alpha value is -0.920. The molecule has 0 atom stereocenters. The van der Waals surface area contributed by atoms with Crippen molar-refractivity contribution in [1.29, 1.82) is 0 Å². The Morgan fingerprint density at radius 3 is 2.05 bits per heavy atom. The maximum atomic E-state index is 13.9. The average molecular weight is 306 g/mol. The van der Waals surface area contributed by atoms with Crippen LogP contribution in [0.4, 0.5) is 8.78 Å². The minimum atomic E-state index is -0.697. The van der Waals surface area contributed by atoms with E-state index in [4.69, 9.17) is 0 Å². The summed E-state index contributed by atoms with van der Waals surface area (Å²) < 4.78 is 27.3. The summed E-state index contributed by atoms with van der Waals surface area (Å²) in [4.78, 5) is 0. The van der Waals surface area contributed by atoms with Gasteiger partial charge in [-0.05, 0) is 73.8 Å². The molecule has 0 bridgehead atoms. The van der Waals surface area contributed by atoms with Crippen molar-refractivity contribution < 1.29 is 8.78 Å². The summed E-state index contributed by atoms with van der Waals surface area (Å²) in [5, 5.41) is 0. The molecule has 0 nitrogen and oxygen atoms in total. The smallest absolute Gasteiger partial charge is 0.162 e. The van der Waals surface area contributed by atoms with Crippen molar-refractivity contribution in [3.63, 3.8) is 0 Å². The van der Waals surface area contributed by atoms with Gasteiger partial charge in [0.25, 0.3) is 0 Å². The Balaban J connectivity index is 1.55. The highest BCUT2D eigenvalue weighted by Crippen LogP contribution is 2.44. The van der Waals surface area contributed by atoms with Gasteiger partial charge in [-0.15, -0.1) is 0 Å². The molecule has 0 amide bonds. The van der Waals surface area contributed by atoms with Gasteiger partial charge in [-0.3, -0.25) is 0 Å². The summed E-state index contributed by atoms with van der Waals surface area (Å²) in [7, 11) is 0. The average Bonchev–Trinajstić information content (AvgIpc) is 2.58. The molecule has 2 aliphatic rings. The molecular weight excluding hydrogens is 278 g/mol. The Kier molecular flexibility index (Phi) is 5.15. The van der Waals surface area contributed by atoms with E-state index >= 15 is 0 Å². The third-order valence-corrected chi connectivity index (χ3v) is 6.33. The van der Waals surface area contributed by atoms with Crippen LogP contribution in [0.15, 0.2) is 18.2 Å². The number of halogens is 2. The van der Waals surface area contributed by atoms with Gasteiger partial charge in [-0.1, -0.05) is 38.3 Å². The van der Waals surface area contributed by atoms with Crippen LogP contribution in [0.5, 0.6) is 0 Å². The van der Waals surface area contributed by atoms with Crippen molar-refractivity contribution in [3.8, 4) is 0 Å². The van der Waals surface area contributed by atoms with Gasteiger partial charge in [-0.2, -0.15) is 0 Å². The molecule has 1 aromatic rings. The first kappa shape index (κ1) is 16.0. The number of hydrogen-bond acceptors (Lipinski definition) is 0. The lowest BCUT2D eigenvalue weighted by molar-refractivity contribution is 0.158. The molecule has 3 rings (SSSR count). The molecule has 2 fully saturated rings. The number of rotatable bonds is 3. The quantitative estimate of drug-likeness (QED) is 0.601. The van der Waals surface area contributed by atoms with E-state index in [0.29, 0.717) is 5.56 Å². The highest BCUT2D eigenvalue weighted by Gasteiger charge is 2.31. The molecule has 0 saturated heterocycles. The van der Waals surface area contributed by atoms with Gasteiger partial charge in [-0.25, -0.2) is 8.78 Å². The van der Waals surface area contributed by atoms with Crippen molar-refractivity contribution >= 4 is 0 Å². The topological polar surface area (TPSA) is 0 Å². The summed E-state index contributed by atoms with van der Waals surface area (Å²) in [5.74, 6) is 1.58. The van der Waals surface area contributed by atoms with Gasteiger partial charge in [0.1, 0.15) is 0 Å². The summed E-state index contributed by atoms with van der Waals surface area (Å²) in [6.07, 6.45) is 11.4. The molecule has 0 spiro atoms. The monoisotopic (exact) mass is 306 g/mol. The second-order valence-electron chi connectivity index (χ2n) is 7.44. The summed E-state index contributed by atoms with van der Waals surface area (Å²) >= 11 is 0. The zero-order chi connectivity index (χ0) is 15.5. The minimum absolute atomic E-state index is 0.221. The zero-order valence-electron chi connectivity index (χ0n) is 13.7. The molecule has 0 aliphatic heterocycles. The first-order valence-corrected chi connectivity index (χ1v) is 9.13. The maximum Gasteiger partial charge on any atom is 0.162 e. The van der Waals surface area contributed by atoms with Gasteiger partial charge in [0.2, 0.25) is 0 Å². The Morgan fingerprint density at radius 2 is 1.45 bits per heavy atom. The zero-order valence-corrected chi connectivity index (χ0v) is 13.7. The van der Waals surface area contributed by atoms with Crippen LogP contribution in [0.2, 0.25) is 0 Å². The van der Waals surface area contributed by atoms with E-state index in [1.165, 1.54) is 51.0 Å². The van der Waals surface area contributed by atoms with E-state index in [0.717, 1.165) is 30.6 Å². The van der Waals surface area contributed by atoms with Gasteiger partial charge in [0, 0.05) is 0 Å². The molecule has 0 N–H and O–H groups in total. The molecule has 0 heterocycles. The van der Waals surface area contributed by atoms with E-state index in [1.54, 1.807) is 12.1 Å². The van der Waals surface area contributed by atoms with Crippen LogP contribution >= 0.6 is 0 Å². The fourth-order valence-electron chi connectivity index (χ4n) is 4.81. The first-order valence-electron chi connectivity index (χ1n) is 9.13. The molecule has 1 aromatic carbocycles. The largest absolute Gasteiger partial charge is 0.204 e. The van der Waals surface area contributed by atoms with Crippen molar-refractivity contribution in [1.82, 2.24) is 0 Å². The van der Waals surface area contributed by atoms with Crippen LogP contribution in [0, 0.1) is 29.4 Å². The minimum Gasteiger partial charge on any atom is -0.204 e. The molecule has 22 heavy (non-hydrogen) atoms. The third kappa shape index (κ3) is 3.36. The lowest BCUT2D eigenvalue weighted by atomic mass is 9.68. The molecule has 2 heteroatoms. The van der Waals surface area contributed by atoms with Crippen molar-refractivity contribution in [2.75, 3.05) is 0 Å². The van der Waals surface area contributed by atoms with Crippen LogP contribution in [0.1, 0.15) is 76.2 Å². The summed E-state index contributed by atoms with van der Waals surface area (Å²) in [6.45, 7) is 2.31.